The van der Waals surface area contributed by atoms with Crippen LogP contribution >= 0.6 is 11.8 Å². The maximum absolute atomic E-state index is 11.0. The maximum Gasteiger partial charge on any atom is 0.118 e. The van der Waals surface area contributed by atoms with Crippen molar-refractivity contribution in [2.24, 2.45) is 0 Å². The fourth-order valence-electron chi connectivity index (χ4n) is 5.99. The van der Waals surface area contributed by atoms with Crippen molar-refractivity contribution in [1.29, 1.82) is 0 Å². The molecular formula is C37H56O6S. The van der Waals surface area contributed by atoms with Crippen LogP contribution < -0.4 is 0 Å². The molecule has 2 aromatic rings. The zero-order chi connectivity index (χ0) is 31.1. The summed E-state index contributed by atoms with van der Waals surface area (Å²) >= 11 is 1.91. The van der Waals surface area contributed by atoms with Gasteiger partial charge in [-0.15, -0.1) is 11.8 Å². The molecule has 2 aliphatic rings. The van der Waals surface area contributed by atoms with E-state index < -0.39 is 0 Å². The Morgan fingerprint density at radius 3 is 2.09 bits per heavy atom. The predicted molar refractivity (Wildman–Crippen MR) is 179 cm³/mol. The van der Waals surface area contributed by atoms with E-state index in [0.717, 1.165) is 75.3 Å². The van der Waals surface area contributed by atoms with E-state index in [1.54, 1.807) is 0 Å². The molecule has 0 bridgehead atoms. The van der Waals surface area contributed by atoms with Crippen LogP contribution in [0.5, 0.6) is 5.75 Å². The molecule has 0 saturated carbocycles. The minimum Gasteiger partial charge on any atom is -0.508 e. The number of thioether (sulfide) groups is 1. The van der Waals surface area contributed by atoms with Gasteiger partial charge in [0.2, 0.25) is 0 Å². The van der Waals surface area contributed by atoms with Gasteiger partial charge in [0.05, 0.1) is 6.61 Å². The van der Waals surface area contributed by atoms with Gasteiger partial charge in [0.25, 0.3) is 0 Å². The summed E-state index contributed by atoms with van der Waals surface area (Å²) < 4.78 is 33.0. The fourth-order valence-corrected chi connectivity index (χ4v) is 7.33. The minimum absolute atomic E-state index is 0.284. The number of unbranched alkanes of at least 4 members (excludes halogenated alkanes) is 4. The highest BCUT2D eigenvalue weighted by Gasteiger charge is 2.48. The van der Waals surface area contributed by atoms with Crippen molar-refractivity contribution < 1.29 is 28.8 Å². The highest BCUT2D eigenvalue weighted by atomic mass is 32.2. The van der Waals surface area contributed by atoms with Crippen LogP contribution in [0.4, 0.5) is 0 Å². The van der Waals surface area contributed by atoms with E-state index in [9.17, 15) is 5.11 Å². The normalized spacial score (nSPS) is 24.9. The Kier molecular flexibility index (Phi) is 15.3. The highest BCUT2D eigenvalue weighted by molar-refractivity contribution is 8.00. The molecule has 1 saturated heterocycles. The van der Waals surface area contributed by atoms with E-state index in [1.807, 2.05) is 23.9 Å². The van der Waals surface area contributed by atoms with Crippen molar-refractivity contribution in [3.05, 3.63) is 59.2 Å². The Hall–Kier alpha value is -1.61. The van der Waals surface area contributed by atoms with Crippen LogP contribution in [-0.2, 0) is 36.5 Å². The molecule has 246 valence electrons. The number of fused-ring (bicyclic) bond motifs is 1. The van der Waals surface area contributed by atoms with E-state index >= 15 is 0 Å². The van der Waals surface area contributed by atoms with Crippen LogP contribution in [0.1, 0.15) is 102 Å². The summed E-state index contributed by atoms with van der Waals surface area (Å²) in [6, 6.07) is 14.6. The topological polar surface area (TPSA) is 66.4 Å². The predicted octanol–water partition coefficient (Wildman–Crippen LogP) is 8.46. The number of phenols is 1. The Morgan fingerprint density at radius 1 is 0.773 bits per heavy atom. The third kappa shape index (κ3) is 9.94. The Balaban J connectivity index is 1.63. The molecular weight excluding hydrogens is 572 g/mol. The van der Waals surface area contributed by atoms with E-state index in [4.69, 9.17) is 23.7 Å². The van der Waals surface area contributed by atoms with Gasteiger partial charge in [0.15, 0.2) is 0 Å². The first-order valence-electron chi connectivity index (χ1n) is 17.2. The summed E-state index contributed by atoms with van der Waals surface area (Å²) in [5, 5.41) is 11.4. The number of hydrogen-bond acceptors (Lipinski definition) is 7. The molecule has 0 radical (unpaired) electrons. The Bertz CT molecular complexity index is 1070. The number of hydrogen-bond donors (Lipinski definition) is 1. The first-order chi connectivity index (χ1) is 21.6. The molecule has 1 fully saturated rings. The summed E-state index contributed by atoms with van der Waals surface area (Å²) in [6.07, 6.45) is 8.44. The molecule has 0 spiro atoms. The van der Waals surface area contributed by atoms with E-state index in [2.05, 4.69) is 58.0 Å². The molecule has 0 aliphatic carbocycles. The number of rotatable bonds is 20. The monoisotopic (exact) mass is 628 g/mol. The van der Waals surface area contributed by atoms with Crippen LogP contribution in [0.2, 0.25) is 0 Å². The van der Waals surface area contributed by atoms with E-state index in [-0.39, 0.29) is 30.5 Å². The largest absolute Gasteiger partial charge is 0.508 e. The zero-order valence-corrected chi connectivity index (χ0v) is 28.3. The molecule has 2 heterocycles. The molecule has 2 unspecified atom stereocenters. The van der Waals surface area contributed by atoms with Crippen LogP contribution in [0.25, 0.3) is 0 Å². The fraction of sp³-hybridized carbons (Fsp3) is 0.676. The third-order valence-corrected chi connectivity index (χ3v) is 9.90. The molecule has 0 amide bonds. The smallest absolute Gasteiger partial charge is 0.118 e. The molecule has 6 atom stereocenters. The summed E-state index contributed by atoms with van der Waals surface area (Å²) in [5.41, 5.74) is 3.35. The van der Waals surface area contributed by atoms with E-state index in [1.165, 1.54) is 10.5 Å². The molecule has 1 N–H and O–H groups in total. The lowest BCUT2D eigenvalue weighted by atomic mass is 9.89. The minimum atomic E-state index is -0.364. The molecule has 4 rings (SSSR count). The van der Waals surface area contributed by atoms with Crippen LogP contribution in [0, 0.1) is 0 Å². The summed E-state index contributed by atoms with van der Waals surface area (Å²) in [5.74, 6) is 0.334. The van der Waals surface area contributed by atoms with Gasteiger partial charge in [-0.1, -0.05) is 77.6 Å². The van der Waals surface area contributed by atoms with Crippen molar-refractivity contribution in [3.63, 3.8) is 0 Å². The number of phenolic OH excluding ortho intramolecular Hbond substituents is 1. The molecule has 7 heteroatoms. The van der Waals surface area contributed by atoms with Crippen molar-refractivity contribution in [2.75, 3.05) is 33.0 Å². The van der Waals surface area contributed by atoms with Crippen molar-refractivity contribution in [2.45, 2.75) is 133 Å². The van der Waals surface area contributed by atoms with Gasteiger partial charge in [-0.3, -0.25) is 0 Å². The molecule has 2 aliphatic heterocycles. The van der Waals surface area contributed by atoms with Gasteiger partial charge in [0, 0.05) is 36.6 Å². The second-order valence-corrected chi connectivity index (χ2v) is 13.6. The molecule has 2 aromatic carbocycles. The van der Waals surface area contributed by atoms with Crippen molar-refractivity contribution in [1.82, 2.24) is 0 Å². The Morgan fingerprint density at radius 2 is 1.41 bits per heavy atom. The second kappa shape index (κ2) is 19.1. The van der Waals surface area contributed by atoms with E-state index in [0.29, 0.717) is 44.0 Å². The second-order valence-electron chi connectivity index (χ2n) is 12.2. The quantitative estimate of drug-likeness (QED) is 0.148. The first-order valence-corrected chi connectivity index (χ1v) is 18.1. The van der Waals surface area contributed by atoms with Gasteiger partial charge in [-0.25, -0.2) is 0 Å². The lowest BCUT2D eigenvalue weighted by molar-refractivity contribution is -0.268. The lowest BCUT2D eigenvalue weighted by Gasteiger charge is -2.46. The van der Waals surface area contributed by atoms with Crippen LogP contribution in [0.3, 0.4) is 0 Å². The van der Waals surface area contributed by atoms with Gasteiger partial charge in [0.1, 0.15) is 36.3 Å². The van der Waals surface area contributed by atoms with Crippen molar-refractivity contribution >= 4 is 11.8 Å². The molecule has 44 heavy (non-hydrogen) atoms. The summed E-state index contributed by atoms with van der Waals surface area (Å²) in [4.78, 5) is 1.35. The number of aromatic hydroxyl groups is 1. The average Bonchev–Trinajstić information content (AvgIpc) is 3.44. The third-order valence-electron chi connectivity index (χ3n) is 8.58. The number of benzene rings is 2. The molecule has 0 aromatic heterocycles. The van der Waals surface area contributed by atoms with Crippen LogP contribution in [-0.4, -0.2) is 67.8 Å². The molecule has 6 nitrogen and oxygen atoms in total. The SMILES string of the molecule is CCCCOCC1O[C@@H](c2ccc(O)c(CC3Cc4ccccc4S3)c2)[C@H](OCCCC)[C@@H](OCCCC)[C@@H]1OCCCC. The average molecular weight is 629 g/mol. The summed E-state index contributed by atoms with van der Waals surface area (Å²) in [6.45, 7) is 11.8. The summed E-state index contributed by atoms with van der Waals surface area (Å²) in [7, 11) is 0. The van der Waals surface area contributed by atoms with Gasteiger partial charge in [-0.2, -0.15) is 0 Å². The van der Waals surface area contributed by atoms with Crippen molar-refractivity contribution in [3.8, 4) is 5.75 Å². The van der Waals surface area contributed by atoms with Crippen LogP contribution in [0.15, 0.2) is 47.4 Å². The zero-order valence-electron chi connectivity index (χ0n) is 27.5. The highest BCUT2D eigenvalue weighted by Crippen LogP contribution is 2.42. The Labute approximate surface area is 270 Å². The van der Waals surface area contributed by atoms with Gasteiger partial charge in [-0.05, 0) is 73.4 Å². The lowest BCUT2D eigenvalue weighted by Crippen LogP contribution is -2.58. The first kappa shape index (κ1) is 35.2. The standard InChI is InChI=1S/C37H56O6S/c1-5-9-19-39-26-32-35(40-20-10-6-2)37(42-22-12-8-4)36(41-21-11-7-3)34(43-32)28-17-18-31(38)29(23-28)25-30-24-27-15-13-14-16-33(27)44-30/h13-18,23,30,32,34-38H,5-12,19-22,24-26H2,1-4H3/t30?,32?,34-,35+,36-,37-/m0/s1. The van der Waals surface area contributed by atoms with Gasteiger partial charge >= 0.3 is 0 Å². The maximum atomic E-state index is 11.0. The van der Waals surface area contributed by atoms with Gasteiger partial charge < -0.3 is 28.8 Å². The number of ether oxygens (including phenoxy) is 5.